The highest BCUT2D eigenvalue weighted by Gasteiger charge is 2.24. The molecule has 0 radical (unpaired) electrons. The average Bonchev–Trinajstić information content (AvgIpc) is 2.93. The SMILES string of the molecule is CC(=O)OC(CCN(C)C(=O)OCC(Cl)(Cl)Cl)c1cccs1. The number of amides is 1. The van der Waals surface area contributed by atoms with Crippen LogP contribution in [0.1, 0.15) is 24.3 Å². The average molecular weight is 389 g/mol. The third kappa shape index (κ3) is 7.54. The van der Waals surface area contributed by atoms with Gasteiger partial charge in [-0.15, -0.1) is 11.3 Å². The summed E-state index contributed by atoms with van der Waals surface area (Å²) >= 11 is 18.0. The smallest absolute Gasteiger partial charge is 0.409 e. The van der Waals surface area contributed by atoms with E-state index in [1.165, 1.54) is 23.2 Å². The van der Waals surface area contributed by atoms with Gasteiger partial charge in [0, 0.05) is 31.8 Å². The maximum atomic E-state index is 11.7. The molecular weight excluding hydrogens is 373 g/mol. The summed E-state index contributed by atoms with van der Waals surface area (Å²) in [5, 5.41) is 1.89. The highest BCUT2D eigenvalue weighted by atomic mass is 35.6. The molecular formula is C13H16Cl3NO4S. The zero-order chi connectivity index (χ0) is 16.8. The molecule has 124 valence electrons. The molecule has 0 aromatic carbocycles. The van der Waals surface area contributed by atoms with Crippen LogP contribution in [-0.2, 0) is 14.3 Å². The van der Waals surface area contributed by atoms with Crippen molar-refractivity contribution >= 4 is 58.2 Å². The van der Waals surface area contributed by atoms with E-state index in [0.717, 1.165) is 4.88 Å². The van der Waals surface area contributed by atoms with Gasteiger partial charge in [-0.1, -0.05) is 40.9 Å². The fraction of sp³-hybridized carbons (Fsp3) is 0.538. The number of hydrogen-bond acceptors (Lipinski definition) is 5. The summed E-state index contributed by atoms with van der Waals surface area (Å²) in [6.07, 6.45) is -0.570. The predicted octanol–water partition coefficient (Wildman–Crippen LogP) is 4.18. The first-order valence-corrected chi connectivity index (χ1v) is 8.35. The van der Waals surface area contributed by atoms with Crippen molar-refractivity contribution in [1.29, 1.82) is 0 Å². The van der Waals surface area contributed by atoms with E-state index in [-0.39, 0.29) is 12.6 Å². The van der Waals surface area contributed by atoms with Crippen molar-refractivity contribution < 1.29 is 19.1 Å². The monoisotopic (exact) mass is 387 g/mol. The third-order valence-electron chi connectivity index (χ3n) is 2.57. The van der Waals surface area contributed by atoms with E-state index in [1.54, 1.807) is 7.05 Å². The molecule has 0 N–H and O–H groups in total. The standard InChI is InChI=1S/C13H16Cl3NO4S/c1-9(18)21-10(11-4-3-7-22-11)5-6-17(2)12(19)20-8-13(14,15)16/h3-4,7,10H,5-6,8H2,1-2H3. The van der Waals surface area contributed by atoms with E-state index in [0.29, 0.717) is 13.0 Å². The number of carbonyl (C=O) groups excluding carboxylic acids is 2. The Morgan fingerprint density at radius 2 is 2.09 bits per heavy atom. The molecule has 1 heterocycles. The molecule has 0 aliphatic rings. The van der Waals surface area contributed by atoms with E-state index >= 15 is 0 Å². The molecule has 0 spiro atoms. The molecule has 1 aromatic heterocycles. The van der Waals surface area contributed by atoms with Crippen LogP contribution in [-0.4, -0.2) is 41.0 Å². The number of thiophene rings is 1. The molecule has 0 aliphatic heterocycles. The minimum atomic E-state index is -1.65. The predicted molar refractivity (Wildman–Crippen MR) is 87.7 cm³/mol. The first-order valence-electron chi connectivity index (χ1n) is 6.34. The number of halogens is 3. The van der Waals surface area contributed by atoms with Gasteiger partial charge < -0.3 is 14.4 Å². The van der Waals surface area contributed by atoms with Crippen LogP contribution in [0.4, 0.5) is 4.79 Å². The molecule has 9 heteroatoms. The highest BCUT2D eigenvalue weighted by molar-refractivity contribution is 7.10. The summed E-state index contributed by atoms with van der Waals surface area (Å²) in [5.41, 5.74) is 0. The third-order valence-corrected chi connectivity index (χ3v) is 3.86. The van der Waals surface area contributed by atoms with Crippen molar-refractivity contribution in [2.24, 2.45) is 0 Å². The summed E-state index contributed by atoms with van der Waals surface area (Å²) in [6.45, 7) is 1.34. The lowest BCUT2D eigenvalue weighted by Gasteiger charge is -2.21. The first-order chi connectivity index (χ1) is 10.2. The van der Waals surface area contributed by atoms with Crippen molar-refractivity contribution in [2.45, 2.75) is 23.2 Å². The minimum Gasteiger partial charge on any atom is -0.457 e. The van der Waals surface area contributed by atoms with Crippen LogP contribution in [0.25, 0.3) is 0 Å². The van der Waals surface area contributed by atoms with Gasteiger partial charge in [0.15, 0.2) is 0 Å². The lowest BCUT2D eigenvalue weighted by molar-refractivity contribution is -0.147. The fourth-order valence-electron chi connectivity index (χ4n) is 1.59. The van der Waals surface area contributed by atoms with Crippen molar-refractivity contribution in [3.05, 3.63) is 22.4 Å². The molecule has 0 fully saturated rings. The van der Waals surface area contributed by atoms with E-state index in [1.807, 2.05) is 17.5 Å². The van der Waals surface area contributed by atoms with Crippen molar-refractivity contribution in [3.63, 3.8) is 0 Å². The summed E-state index contributed by atoms with van der Waals surface area (Å²) in [7, 11) is 1.56. The molecule has 1 rings (SSSR count). The Morgan fingerprint density at radius 3 is 2.59 bits per heavy atom. The van der Waals surface area contributed by atoms with Crippen molar-refractivity contribution in [3.8, 4) is 0 Å². The Kier molecular flexibility index (Phi) is 7.76. The summed E-state index contributed by atoms with van der Waals surface area (Å²) in [6, 6.07) is 3.74. The first kappa shape index (κ1) is 19.4. The van der Waals surface area contributed by atoms with Crippen LogP contribution >= 0.6 is 46.1 Å². The molecule has 1 unspecified atom stereocenters. The Bertz CT molecular complexity index is 490. The topological polar surface area (TPSA) is 55.8 Å². The minimum absolute atomic E-state index is 0.328. The molecule has 0 bridgehead atoms. The summed E-state index contributed by atoms with van der Waals surface area (Å²) < 4.78 is 8.48. The number of esters is 1. The van der Waals surface area contributed by atoms with E-state index in [2.05, 4.69) is 0 Å². The molecule has 0 aliphatic carbocycles. The number of hydrogen-bond donors (Lipinski definition) is 0. The van der Waals surface area contributed by atoms with E-state index in [4.69, 9.17) is 44.3 Å². The number of ether oxygens (including phenoxy) is 2. The van der Waals surface area contributed by atoms with Crippen LogP contribution < -0.4 is 0 Å². The number of rotatable bonds is 6. The molecule has 1 aromatic rings. The van der Waals surface area contributed by atoms with Gasteiger partial charge in [0.05, 0.1) is 0 Å². The van der Waals surface area contributed by atoms with Crippen LogP contribution in [0.3, 0.4) is 0 Å². The van der Waals surface area contributed by atoms with Crippen LogP contribution in [0, 0.1) is 0 Å². The van der Waals surface area contributed by atoms with Gasteiger partial charge in [-0.2, -0.15) is 0 Å². The lowest BCUT2D eigenvalue weighted by Crippen LogP contribution is -2.32. The Morgan fingerprint density at radius 1 is 1.41 bits per heavy atom. The van der Waals surface area contributed by atoms with Crippen LogP contribution in [0.15, 0.2) is 17.5 Å². The Hall–Kier alpha value is -0.690. The van der Waals surface area contributed by atoms with Gasteiger partial charge in [-0.05, 0) is 11.4 Å². The Labute approximate surface area is 148 Å². The van der Waals surface area contributed by atoms with Gasteiger partial charge in [-0.25, -0.2) is 4.79 Å². The molecule has 5 nitrogen and oxygen atoms in total. The summed E-state index contributed by atoms with van der Waals surface area (Å²) in [4.78, 5) is 25.2. The van der Waals surface area contributed by atoms with Gasteiger partial charge in [0.25, 0.3) is 0 Å². The van der Waals surface area contributed by atoms with Gasteiger partial charge >= 0.3 is 12.1 Å². The largest absolute Gasteiger partial charge is 0.457 e. The summed E-state index contributed by atoms with van der Waals surface area (Å²) in [5.74, 6) is -0.375. The van der Waals surface area contributed by atoms with Crippen molar-refractivity contribution in [1.82, 2.24) is 4.90 Å². The maximum Gasteiger partial charge on any atom is 0.409 e. The molecule has 0 saturated carbocycles. The fourth-order valence-corrected chi connectivity index (χ4v) is 2.54. The normalized spacial score (nSPS) is 12.6. The van der Waals surface area contributed by atoms with E-state index in [9.17, 15) is 9.59 Å². The quantitative estimate of drug-likeness (QED) is 0.542. The van der Waals surface area contributed by atoms with Crippen molar-refractivity contribution in [2.75, 3.05) is 20.2 Å². The number of nitrogens with zero attached hydrogens (tertiary/aromatic N) is 1. The van der Waals surface area contributed by atoms with Gasteiger partial charge in [-0.3, -0.25) is 4.79 Å². The molecule has 22 heavy (non-hydrogen) atoms. The highest BCUT2D eigenvalue weighted by Crippen LogP contribution is 2.27. The van der Waals surface area contributed by atoms with Gasteiger partial charge in [0.2, 0.25) is 3.79 Å². The second-order valence-electron chi connectivity index (χ2n) is 4.49. The second-order valence-corrected chi connectivity index (χ2v) is 7.99. The number of carbonyl (C=O) groups is 2. The Balaban J connectivity index is 2.50. The number of alkyl halides is 3. The van der Waals surface area contributed by atoms with Crippen LogP contribution in [0.5, 0.6) is 0 Å². The molecule has 1 atom stereocenters. The van der Waals surface area contributed by atoms with E-state index < -0.39 is 16.0 Å². The van der Waals surface area contributed by atoms with Gasteiger partial charge in [0.1, 0.15) is 12.7 Å². The molecule has 1 amide bonds. The second kappa shape index (κ2) is 8.82. The molecule has 0 saturated heterocycles. The van der Waals surface area contributed by atoms with Crippen LogP contribution in [0.2, 0.25) is 0 Å². The zero-order valence-corrected chi connectivity index (χ0v) is 15.1. The maximum absolute atomic E-state index is 11.7. The zero-order valence-electron chi connectivity index (χ0n) is 12.1. The lowest BCUT2D eigenvalue weighted by atomic mass is 10.2.